The Morgan fingerprint density at radius 1 is 0.435 bits per heavy atom. The minimum absolute atomic E-state index is 0.0336. The molecule has 0 aliphatic carbocycles. The molecule has 12 rings (SSSR count). The first-order valence-electron chi connectivity index (χ1n) is 21.4. The number of hydrogen-bond acceptors (Lipinski definition) is 4. The van der Waals surface area contributed by atoms with E-state index in [2.05, 4.69) is 197 Å². The molecule has 0 unspecified atom stereocenters. The first-order valence-corrected chi connectivity index (χ1v) is 21.4. The summed E-state index contributed by atoms with van der Waals surface area (Å²) in [5, 5.41) is 2.38. The third-order valence-corrected chi connectivity index (χ3v) is 12.7. The number of benzene rings is 7. The van der Waals surface area contributed by atoms with Gasteiger partial charge in [0.15, 0.2) is 17.5 Å². The molecule has 0 spiro atoms. The second kappa shape index (κ2) is 14.3. The van der Waals surface area contributed by atoms with E-state index in [1.807, 2.05) is 24.4 Å². The molecule has 2 aliphatic heterocycles. The minimum atomic E-state index is -0.394. The summed E-state index contributed by atoms with van der Waals surface area (Å²) in [7, 11) is 0. The number of pyridine rings is 1. The summed E-state index contributed by atoms with van der Waals surface area (Å²) in [6.45, 7) is 11.5. The van der Waals surface area contributed by atoms with Crippen LogP contribution in [-0.2, 0) is 10.8 Å². The van der Waals surface area contributed by atoms with Crippen LogP contribution in [0.1, 0.15) is 51.3 Å². The van der Waals surface area contributed by atoms with E-state index in [1.165, 1.54) is 33.0 Å². The van der Waals surface area contributed by atoms with Gasteiger partial charge in [-0.05, 0) is 86.3 Å². The van der Waals surface area contributed by atoms with Gasteiger partial charge in [-0.25, -0.2) is 19.9 Å². The van der Waals surface area contributed by atoms with Crippen molar-refractivity contribution in [1.29, 1.82) is 0 Å². The van der Waals surface area contributed by atoms with Gasteiger partial charge in [-0.2, -0.15) is 0 Å². The Hall–Kier alpha value is -7.50. The molecule has 62 heavy (non-hydrogen) atoms. The average molecular weight is 800 g/mol. The number of nitrogens with zero attached hydrogens (tertiary/aromatic N) is 5. The first-order chi connectivity index (χ1) is 30.1. The van der Waals surface area contributed by atoms with Gasteiger partial charge in [0.05, 0.1) is 16.6 Å². The van der Waals surface area contributed by atoms with Gasteiger partial charge in [-0.15, -0.1) is 0 Å². The van der Waals surface area contributed by atoms with E-state index in [4.69, 9.17) is 19.9 Å². The zero-order chi connectivity index (χ0) is 42.2. The van der Waals surface area contributed by atoms with Gasteiger partial charge in [0.2, 0.25) is 0 Å². The van der Waals surface area contributed by atoms with Gasteiger partial charge in [-0.1, -0.05) is 174 Å². The van der Waals surface area contributed by atoms with Crippen molar-refractivity contribution in [2.45, 2.75) is 45.4 Å². The molecular weight excluding hydrogens is 755 g/mol. The summed E-state index contributed by atoms with van der Waals surface area (Å²) in [5.74, 6) is 2.56. The van der Waals surface area contributed by atoms with Crippen molar-refractivity contribution in [2.24, 2.45) is 0 Å². The lowest BCUT2D eigenvalue weighted by Crippen LogP contribution is -2.20. The van der Waals surface area contributed by atoms with Crippen molar-refractivity contribution in [3.05, 3.63) is 199 Å². The predicted molar refractivity (Wildman–Crippen MR) is 255 cm³/mol. The normalized spacial score (nSPS) is 13.0. The highest BCUT2D eigenvalue weighted by Gasteiger charge is 2.31. The zero-order valence-electron chi connectivity index (χ0n) is 35.6. The zero-order valence-corrected chi connectivity index (χ0v) is 35.6. The Morgan fingerprint density at radius 2 is 1.00 bits per heavy atom. The molecule has 5 heteroatoms. The van der Waals surface area contributed by atoms with E-state index in [-0.39, 0.29) is 5.41 Å². The smallest absolute Gasteiger partial charge is 0.167 e. The lowest BCUT2D eigenvalue weighted by molar-refractivity contribution is 0.591. The Labute approximate surface area is 362 Å². The molecule has 298 valence electrons. The fourth-order valence-corrected chi connectivity index (χ4v) is 9.23. The molecule has 3 aromatic heterocycles. The molecule has 5 heterocycles. The van der Waals surface area contributed by atoms with Crippen molar-refractivity contribution in [1.82, 2.24) is 24.5 Å². The van der Waals surface area contributed by atoms with Gasteiger partial charge in [-0.3, -0.25) is 4.57 Å². The van der Waals surface area contributed by atoms with Crippen LogP contribution in [0.4, 0.5) is 0 Å². The molecular formula is C57H45N5. The fraction of sp³-hybridized carbons (Fsp3) is 0.123. The maximum atomic E-state index is 5.46. The third kappa shape index (κ3) is 6.23. The summed E-state index contributed by atoms with van der Waals surface area (Å²) < 4.78 is 2.32. The van der Waals surface area contributed by atoms with Crippen LogP contribution in [0.15, 0.2) is 182 Å². The van der Waals surface area contributed by atoms with Crippen LogP contribution in [0.2, 0.25) is 0 Å². The number of aromatic nitrogens is 5. The standard InChI is InChI=1S/C57H45N5/c1-56(2,3)41-26-29-50-46(33-41)47-34-42-27-30-51(47)62(50)55-48(54-60-52(38-21-13-8-14-22-38)59-53(61-54)44-23-15-16-24-49(44)57(42,4)5)32-40(35-58-55)39-25-28-43(36-17-9-6-10-18-36)45(31-39)37-19-11-7-12-20-37/h6-35H,1-5H3. The molecule has 0 saturated carbocycles. The quantitative estimate of drug-likeness (QED) is 0.178. The molecule has 2 aliphatic rings. The molecule has 6 bridgehead atoms. The second-order valence-electron chi connectivity index (χ2n) is 18.0. The Bertz CT molecular complexity index is 3340. The van der Waals surface area contributed by atoms with E-state index in [1.54, 1.807) is 0 Å². The number of rotatable bonds is 4. The Balaban J connectivity index is 1.25. The van der Waals surface area contributed by atoms with Crippen molar-refractivity contribution in [2.75, 3.05) is 0 Å². The van der Waals surface area contributed by atoms with Gasteiger partial charge in [0, 0.05) is 39.1 Å². The topological polar surface area (TPSA) is 56.5 Å². The summed E-state index contributed by atoms with van der Waals surface area (Å²) >= 11 is 0. The first kappa shape index (κ1) is 37.5. The molecule has 10 aromatic rings. The van der Waals surface area contributed by atoms with Crippen LogP contribution in [-0.4, -0.2) is 24.5 Å². The number of fused-ring (bicyclic) bond motifs is 2. The summed E-state index contributed by atoms with van der Waals surface area (Å²) in [4.78, 5) is 21.5. The van der Waals surface area contributed by atoms with E-state index in [0.29, 0.717) is 17.5 Å². The maximum Gasteiger partial charge on any atom is 0.167 e. The SMILES string of the molecule is CC(C)(C)c1ccc2c(c1)c1cc3ccc1n2-c1ncc(-c2ccc(-c4ccccc4)c(-c4ccccc4)c2)cc1-c1nc(-c2ccccc2)nc(n1)-c1ccccc1C3(C)C. The van der Waals surface area contributed by atoms with E-state index in [0.717, 1.165) is 61.4 Å². The lowest BCUT2D eigenvalue weighted by Gasteiger charge is -2.28. The number of hydrogen-bond donors (Lipinski definition) is 0. The summed E-state index contributed by atoms with van der Waals surface area (Å²) in [6.07, 6.45) is 2.01. The molecule has 0 radical (unpaired) electrons. The van der Waals surface area contributed by atoms with Gasteiger partial charge in [0.25, 0.3) is 0 Å². The summed E-state index contributed by atoms with van der Waals surface area (Å²) in [5.41, 5.74) is 14.7. The predicted octanol–water partition coefficient (Wildman–Crippen LogP) is 14.3. The molecule has 0 atom stereocenters. The molecule has 0 fully saturated rings. The molecule has 7 aromatic carbocycles. The highest BCUT2D eigenvalue weighted by atomic mass is 15.1. The monoisotopic (exact) mass is 799 g/mol. The summed E-state index contributed by atoms with van der Waals surface area (Å²) in [6, 6.07) is 62.9. The van der Waals surface area contributed by atoms with Gasteiger partial charge >= 0.3 is 0 Å². The van der Waals surface area contributed by atoms with Crippen molar-refractivity contribution < 1.29 is 0 Å². The minimum Gasteiger partial charge on any atom is -0.293 e. The van der Waals surface area contributed by atoms with Crippen LogP contribution in [0.25, 0.3) is 95.2 Å². The van der Waals surface area contributed by atoms with Crippen LogP contribution in [0, 0.1) is 0 Å². The van der Waals surface area contributed by atoms with E-state index in [9.17, 15) is 0 Å². The fourth-order valence-electron chi connectivity index (χ4n) is 9.23. The van der Waals surface area contributed by atoms with Crippen LogP contribution in [0.3, 0.4) is 0 Å². The Kier molecular flexibility index (Phi) is 8.66. The van der Waals surface area contributed by atoms with Crippen molar-refractivity contribution in [3.63, 3.8) is 0 Å². The van der Waals surface area contributed by atoms with Crippen LogP contribution >= 0.6 is 0 Å². The van der Waals surface area contributed by atoms with Crippen molar-refractivity contribution in [3.8, 4) is 73.4 Å². The molecule has 0 saturated heterocycles. The maximum absolute atomic E-state index is 5.46. The van der Waals surface area contributed by atoms with Gasteiger partial charge < -0.3 is 0 Å². The highest BCUT2D eigenvalue weighted by Crippen LogP contribution is 2.44. The van der Waals surface area contributed by atoms with Gasteiger partial charge in [0.1, 0.15) is 5.82 Å². The Morgan fingerprint density at radius 3 is 1.69 bits per heavy atom. The second-order valence-corrected chi connectivity index (χ2v) is 18.0. The highest BCUT2D eigenvalue weighted by molar-refractivity contribution is 6.10. The molecule has 5 nitrogen and oxygen atoms in total. The lowest BCUT2D eigenvalue weighted by atomic mass is 9.75. The largest absolute Gasteiger partial charge is 0.293 e. The van der Waals surface area contributed by atoms with Crippen molar-refractivity contribution >= 4 is 21.8 Å². The molecule has 0 amide bonds. The third-order valence-electron chi connectivity index (χ3n) is 12.7. The molecule has 0 N–H and O–H groups in total. The van der Waals surface area contributed by atoms with Crippen LogP contribution in [0.5, 0.6) is 0 Å². The van der Waals surface area contributed by atoms with E-state index >= 15 is 0 Å². The van der Waals surface area contributed by atoms with E-state index < -0.39 is 5.41 Å². The average Bonchev–Trinajstić information content (AvgIpc) is 3.64. The van der Waals surface area contributed by atoms with Crippen LogP contribution < -0.4 is 0 Å².